The third kappa shape index (κ3) is 4.28. The maximum atomic E-state index is 12.6. The van der Waals surface area contributed by atoms with Crippen LogP contribution < -0.4 is 5.32 Å². The minimum Gasteiger partial charge on any atom is -0.348 e. The van der Waals surface area contributed by atoms with E-state index >= 15 is 0 Å². The minimum absolute atomic E-state index is 0.00597. The predicted molar refractivity (Wildman–Crippen MR) is 108 cm³/mol. The van der Waals surface area contributed by atoms with Gasteiger partial charge in [0.05, 0.1) is 0 Å². The molecule has 27 heavy (non-hydrogen) atoms. The Morgan fingerprint density at radius 1 is 1.26 bits per heavy atom. The molecule has 0 spiro atoms. The molecule has 4 heteroatoms. The molecule has 0 aliphatic carbocycles. The van der Waals surface area contributed by atoms with E-state index in [1.54, 1.807) is 6.08 Å². The molecule has 4 heterocycles. The van der Waals surface area contributed by atoms with E-state index in [1.165, 1.54) is 24.0 Å². The maximum absolute atomic E-state index is 12.6. The fourth-order valence-electron chi connectivity index (χ4n) is 4.54. The SMILES string of the molecule is Cc1cccc(C=CC(=O)NC2C3CCN(CC3)C2Cc2cccnc2)c1. The number of nitrogens with zero attached hydrogens (tertiary/aromatic N) is 2. The number of pyridine rings is 1. The van der Waals surface area contributed by atoms with Gasteiger partial charge in [-0.05, 0) is 68.5 Å². The number of nitrogens with one attached hydrogen (secondary N) is 1. The van der Waals surface area contributed by atoms with Gasteiger partial charge in [0.15, 0.2) is 0 Å². The van der Waals surface area contributed by atoms with Crippen molar-refractivity contribution < 1.29 is 4.79 Å². The summed E-state index contributed by atoms with van der Waals surface area (Å²) in [6.45, 7) is 4.34. The highest BCUT2D eigenvalue weighted by Crippen LogP contribution is 2.34. The normalized spacial score (nSPS) is 27.0. The van der Waals surface area contributed by atoms with Gasteiger partial charge in [-0.3, -0.25) is 14.7 Å². The topological polar surface area (TPSA) is 45.2 Å². The van der Waals surface area contributed by atoms with Gasteiger partial charge in [0.25, 0.3) is 0 Å². The highest BCUT2D eigenvalue weighted by molar-refractivity contribution is 5.92. The van der Waals surface area contributed by atoms with Crippen molar-refractivity contribution in [2.75, 3.05) is 13.1 Å². The van der Waals surface area contributed by atoms with Crippen molar-refractivity contribution in [1.29, 1.82) is 0 Å². The Morgan fingerprint density at radius 2 is 2.11 bits per heavy atom. The molecule has 3 aliphatic heterocycles. The first-order valence-electron chi connectivity index (χ1n) is 9.87. The Balaban J connectivity index is 1.45. The van der Waals surface area contributed by atoms with E-state index in [2.05, 4.69) is 40.3 Å². The van der Waals surface area contributed by atoms with Crippen molar-refractivity contribution in [3.63, 3.8) is 0 Å². The summed E-state index contributed by atoms with van der Waals surface area (Å²) in [5.41, 5.74) is 3.50. The molecular weight excluding hydrogens is 334 g/mol. The molecule has 3 aliphatic rings. The number of hydrogen-bond acceptors (Lipinski definition) is 3. The molecule has 3 saturated heterocycles. The van der Waals surface area contributed by atoms with Crippen molar-refractivity contribution in [1.82, 2.24) is 15.2 Å². The van der Waals surface area contributed by atoms with Crippen molar-refractivity contribution in [3.8, 4) is 0 Å². The van der Waals surface area contributed by atoms with Crippen LogP contribution in [0.15, 0.2) is 54.9 Å². The van der Waals surface area contributed by atoms with Crippen LogP contribution in [-0.4, -0.2) is 41.0 Å². The summed E-state index contributed by atoms with van der Waals surface area (Å²) in [6.07, 6.45) is 10.6. The molecular formula is C23H27N3O. The van der Waals surface area contributed by atoms with Crippen molar-refractivity contribution in [3.05, 3.63) is 71.6 Å². The Bertz CT molecular complexity index is 809. The zero-order valence-electron chi connectivity index (χ0n) is 15.8. The molecule has 1 aromatic carbocycles. The summed E-state index contributed by atoms with van der Waals surface area (Å²) < 4.78 is 0. The van der Waals surface area contributed by atoms with Gasteiger partial charge in [-0.2, -0.15) is 0 Å². The largest absolute Gasteiger partial charge is 0.348 e. The van der Waals surface area contributed by atoms with Crippen LogP contribution in [-0.2, 0) is 11.2 Å². The van der Waals surface area contributed by atoms with E-state index < -0.39 is 0 Å². The molecule has 0 radical (unpaired) electrons. The lowest BCUT2D eigenvalue weighted by Crippen LogP contribution is -2.64. The summed E-state index contributed by atoms with van der Waals surface area (Å²) in [6, 6.07) is 12.9. The molecule has 2 atom stereocenters. The van der Waals surface area contributed by atoms with E-state index in [0.29, 0.717) is 12.0 Å². The highest BCUT2D eigenvalue weighted by atomic mass is 16.1. The second kappa shape index (κ2) is 8.05. The summed E-state index contributed by atoms with van der Waals surface area (Å²) in [4.78, 5) is 19.4. The van der Waals surface area contributed by atoms with Gasteiger partial charge in [0.2, 0.25) is 5.91 Å². The monoisotopic (exact) mass is 361 g/mol. The highest BCUT2D eigenvalue weighted by Gasteiger charge is 2.42. The Kier molecular flexibility index (Phi) is 5.35. The van der Waals surface area contributed by atoms with Crippen LogP contribution in [0.5, 0.6) is 0 Å². The first kappa shape index (κ1) is 17.9. The van der Waals surface area contributed by atoms with Gasteiger partial charge in [-0.15, -0.1) is 0 Å². The molecule has 2 aromatic rings. The Labute approximate surface area is 161 Å². The van der Waals surface area contributed by atoms with Crippen LogP contribution in [0.25, 0.3) is 6.08 Å². The van der Waals surface area contributed by atoms with Gasteiger partial charge in [0.1, 0.15) is 0 Å². The number of benzene rings is 1. The summed E-state index contributed by atoms with van der Waals surface area (Å²) in [5.74, 6) is 0.583. The first-order valence-corrected chi connectivity index (χ1v) is 9.87. The van der Waals surface area contributed by atoms with Crippen LogP contribution in [0, 0.1) is 12.8 Å². The van der Waals surface area contributed by atoms with Crippen LogP contribution >= 0.6 is 0 Å². The van der Waals surface area contributed by atoms with Crippen LogP contribution in [0.4, 0.5) is 0 Å². The Morgan fingerprint density at radius 3 is 2.85 bits per heavy atom. The van der Waals surface area contributed by atoms with E-state index in [4.69, 9.17) is 0 Å². The van der Waals surface area contributed by atoms with Gasteiger partial charge >= 0.3 is 0 Å². The lowest BCUT2D eigenvalue weighted by atomic mass is 9.77. The number of aryl methyl sites for hydroxylation is 1. The number of hydrogen-bond donors (Lipinski definition) is 1. The lowest BCUT2D eigenvalue weighted by Gasteiger charge is -2.51. The summed E-state index contributed by atoms with van der Waals surface area (Å²) in [5, 5.41) is 3.32. The minimum atomic E-state index is 0.00597. The lowest BCUT2D eigenvalue weighted by molar-refractivity contribution is -0.119. The van der Waals surface area contributed by atoms with E-state index in [1.807, 2.05) is 36.7 Å². The Hall–Kier alpha value is -2.46. The van der Waals surface area contributed by atoms with Crippen LogP contribution in [0.1, 0.15) is 29.5 Å². The average Bonchev–Trinajstić information content (AvgIpc) is 2.70. The van der Waals surface area contributed by atoms with E-state index in [-0.39, 0.29) is 11.9 Å². The maximum Gasteiger partial charge on any atom is 0.244 e. The third-order valence-corrected chi connectivity index (χ3v) is 5.91. The molecule has 2 unspecified atom stereocenters. The van der Waals surface area contributed by atoms with Gasteiger partial charge < -0.3 is 5.32 Å². The number of piperidine rings is 3. The quantitative estimate of drug-likeness (QED) is 0.832. The van der Waals surface area contributed by atoms with Gasteiger partial charge in [-0.25, -0.2) is 0 Å². The smallest absolute Gasteiger partial charge is 0.244 e. The van der Waals surface area contributed by atoms with Gasteiger partial charge in [0, 0.05) is 30.6 Å². The standard InChI is InChI=1S/C23H27N3O/c1-17-4-2-5-18(14-17)7-8-22(27)25-23-20-9-12-26(13-10-20)21(23)15-19-6-3-11-24-16-19/h2-8,11,14,16,20-21,23H,9-10,12-13,15H2,1H3,(H,25,27). The van der Waals surface area contributed by atoms with Crippen LogP contribution in [0.2, 0.25) is 0 Å². The third-order valence-electron chi connectivity index (χ3n) is 5.91. The zero-order valence-corrected chi connectivity index (χ0v) is 15.8. The second-order valence-corrected chi connectivity index (χ2v) is 7.79. The fourth-order valence-corrected chi connectivity index (χ4v) is 4.54. The van der Waals surface area contributed by atoms with E-state index in [9.17, 15) is 4.79 Å². The second-order valence-electron chi connectivity index (χ2n) is 7.79. The van der Waals surface area contributed by atoms with Crippen LogP contribution in [0.3, 0.4) is 0 Å². The summed E-state index contributed by atoms with van der Waals surface area (Å²) >= 11 is 0. The number of aromatic nitrogens is 1. The average molecular weight is 361 g/mol. The number of carbonyl (C=O) groups excluding carboxylic acids is 1. The van der Waals surface area contributed by atoms with Crippen molar-refractivity contribution >= 4 is 12.0 Å². The molecule has 140 valence electrons. The number of carbonyl (C=O) groups is 1. The molecule has 4 nitrogen and oxygen atoms in total. The summed E-state index contributed by atoms with van der Waals surface area (Å²) in [7, 11) is 0. The zero-order chi connectivity index (χ0) is 18.6. The molecule has 1 aromatic heterocycles. The number of rotatable bonds is 5. The number of amides is 1. The fraction of sp³-hybridized carbons (Fsp3) is 0.391. The van der Waals surface area contributed by atoms with Crippen molar-refractivity contribution in [2.45, 2.75) is 38.3 Å². The molecule has 1 amide bonds. The molecule has 3 fully saturated rings. The molecule has 0 saturated carbocycles. The molecule has 1 N–H and O–H groups in total. The van der Waals surface area contributed by atoms with Crippen molar-refractivity contribution in [2.24, 2.45) is 5.92 Å². The molecule has 5 rings (SSSR count). The van der Waals surface area contributed by atoms with Gasteiger partial charge in [-0.1, -0.05) is 35.9 Å². The predicted octanol–water partition coefficient (Wildman–Crippen LogP) is 3.22. The first-order chi connectivity index (χ1) is 13.2. The van der Waals surface area contributed by atoms with E-state index in [0.717, 1.165) is 25.1 Å². The molecule has 2 bridgehead atoms. The number of fused-ring (bicyclic) bond motifs is 3.